The van der Waals surface area contributed by atoms with Crippen LogP contribution in [0.25, 0.3) is 10.8 Å². The lowest BCUT2D eigenvalue weighted by atomic mass is 10.1. The molecule has 0 unspecified atom stereocenters. The summed E-state index contributed by atoms with van der Waals surface area (Å²) in [6, 6.07) is 26.9. The molecule has 0 atom stereocenters. The molecule has 0 aliphatic carbocycles. The lowest BCUT2D eigenvalue weighted by Gasteiger charge is -2.13. The van der Waals surface area contributed by atoms with Crippen LogP contribution in [0.15, 0.2) is 97.1 Å². The molecule has 4 aromatic carbocycles. The van der Waals surface area contributed by atoms with Crippen molar-refractivity contribution in [1.82, 2.24) is 0 Å². The third-order valence-corrected chi connectivity index (χ3v) is 3.95. The average molecular weight is 545 g/mol. The summed E-state index contributed by atoms with van der Waals surface area (Å²) in [5.41, 5.74) is -2.02. The number of carbonyl (C=O) groups excluding carboxylic acids is 2. The number of aromatic hydroxyl groups is 1. The number of aliphatic carboxylic acids is 2. The molecular weight excluding hydrogens is 521 g/mol. The molecule has 0 heterocycles. The van der Waals surface area contributed by atoms with Gasteiger partial charge in [0.25, 0.3) is 0 Å². The van der Waals surface area contributed by atoms with Crippen LogP contribution in [0, 0.1) is 0 Å². The van der Waals surface area contributed by atoms with Crippen LogP contribution in [0.1, 0.15) is 29.8 Å². The fourth-order valence-corrected chi connectivity index (χ4v) is 2.43. The van der Waals surface area contributed by atoms with Gasteiger partial charge in [-0.05, 0) is 42.8 Å². The van der Waals surface area contributed by atoms with E-state index in [0.717, 1.165) is 13.8 Å². The van der Waals surface area contributed by atoms with Crippen molar-refractivity contribution in [1.29, 1.82) is 0 Å². The molecule has 4 aromatic rings. The summed E-state index contributed by atoms with van der Waals surface area (Å²) in [5.74, 6) is -4.45. The van der Waals surface area contributed by atoms with Crippen LogP contribution in [0.4, 0.5) is 13.2 Å². The topological polar surface area (TPSA) is 161 Å². The highest BCUT2D eigenvalue weighted by atomic mass is 19.4. The summed E-state index contributed by atoms with van der Waals surface area (Å²) in [6.45, 7) is 1.94. The Morgan fingerprint density at radius 2 is 1.05 bits per heavy atom. The highest BCUT2D eigenvalue weighted by Gasteiger charge is 2.31. The summed E-state index contributed by atoms with van der Waals surface area (Å²) >= 11 is 0. The summed E-state index contributed by atoms with van der Waals surface area (Å²) in [4.78, 5) is 28.1. The Morgan fingerprint density at radius 1 is 0.692 bits per heavy atom. The van der Waals surface area contributed by atoms with E-state index in [0.29, 0.717) is 23.9 Å². The van der Waals surface area contributed by atoms with Gasteiger partial charge in [0.15, 0.2) is 0 Å². The Balaban J connectivity index is 0.000000505. The van der Waals surface area contributed by atoms with Crippen molar-refractivity contribution >= 4 is 28.7 Å². The first kappa shape index (κ1) is 33.9. The molecular formula is C28H24F3O8-3. The van der Waals surface area contributed by atoms with Crippen molar-refractivity contribution in [3.63, 3.8) is 0 Å². The van der Waals surface area contributed by atoms with E-state index in [4.69, 9.17) is 30.0 Å². The minimum atomic E-state index is -4.64. The molecule has 0 saturated carbocycles. The van der Waals surface area contributed by atoms with Crippen LogP contribution in [0.2, 0.25) is 0 Å². The number of rotatable bonds is 1. The highest BCUT2D eigenvalue weighted by Crippen LogP contribution is 2.31. The standard InChI is InChI=1S/C10H8.C8H5F3O3.C6H6O.2C2H4O2/c1-2-6-10-8-4-3-7-9(10)5-1;9-8(10,11)4-1-2-6(12)5(3-4)7(13)14;7-6-4-2-1-3-5-6;2*1-2(3)4/h1-8H;1-3,12H,(H,13,14);1-5,7H;2*1H3,(H,3,4)/p-3. The van der Waals surface area contributed by atoms with Gasteiger partial charge in [-0.15, -0.1) is 0 Å². The van der Waals surface area contributed by atoms with E-state index in [1.165, 1.54) is 10.8 Å². The van der Waals surface area contributed by atoms with E-state index in [-0.39, 0.29) is 0 Å². The highest BCUT2D eigenvalue weighted by molar-refractivity contribution is 5.90. The summed E-state index contributed by atoms with van der Waals surface area (Å²) in [7, 11) is 0. The van der Waals surface area contributed by atoms with Gasteiger partial charge in [0.2, 0.25) is 0 Å². The van der Waals surface area contributed by atoms with E-state index in [9.17, 15) is 23.1 Å². The number of benzene rings is 4. The first-order chi connectivity index (χ1) is 18.1. The van der Waals surface area contributed by atoms with Crippen molar-refractivity contribution in [3.05, 3.63) is 108 Å². The molecule has 0 spiro atoms. The van der Waals surface area contributed by atoms with Crippen molar-refractivity contribution < 1.29 is 53.1 Å². The predicted octanol–water partition coefficient (Wildman–Crippen LogP) is 3.22. The molecule has 0 fully saturated rings. The Labute approximate surface area is 221 Å². The molecule has 0 bridgehead atoms. The van der Waals surface area contributed by atoms with Gasteiger partial charge in [-0.25, -0.2) is 4.79 Å². The Hall–Kier alpha value is -5.06. The number of phenols is 1. The molecule has 11 heteroatoms. The number of hydrogen-bond acceptors (Lipinski definition) is 7. The van der Waals surface area contributed by atoms with E-state index in [2.05, 4.69) is 48.5 Å². The Morgan fingerprint density at radius 3 is 1.33 bits per heavy atom. The smallest absolute Gasteiger partial charge is 0.416 e. The monoisotopic (exact) mass is 545 g/mol. The van der Waals surface area contributed by atoms with Gasteiger partial charge in [0.05, 0.1) is 11.1 Å². The van der Waals surface area contributed by atoms with E-state index >= 15 is 0 Å². The number of carboxylic acid groups (broad SMARTS) is 3. The van der Waals surface area contributed by atoms with Gasteiger partial charge in [0.1, 0.15) is 5.75 Å². The summed E-state index contributed by atoms with van der Waals surface area (Å²) < 4.78 is 36.2. The normalized spacial score (nSPS) is 9.46. The van der Waals surface area contributed by atoms with E-state index in [1.807, 2.05) is 6.07 Å². The number of para-hydroxylation sites is 1. The second-order valence-electron chi connectivity index (χ2n) is 7.18. The van der Waals surface area contributed by atoms with Crippen LogP contribution >= 0.6 is 0 Å². The lowest BCUT2D eigenvalue weighted by molar-refractivity contribution is -0.303. The zero-order valence-electron chi connectivity index (χ0n) is 20.7. The van der Waals surface area contributed by atoms with Gasteiger partial charge < -0.3 is 35.1 Å². The maximum atomic E-state index is 12.1. The van der Waals surface area contributed by atoms with Gasteiger partial charge in [-0.1, -0.05) is 84.6 Å². The second kappa shape index (κ2) is 17.4. The van der Waals surface area contributed by atoms with Crippen molar-refractivity contribution in [2.75, 3.05) is 0 Å². The first-order valence-electron chi connectivity index (χ1n) is 10.8. The van der Waals surface area contributed by atoms with E-state index < -0.39 is 41.0 Å². The molecule has 8 nitrogen and oxygen atoms in total. The molecule has 0 amide bonds. The number of carbonyl (C=O) groups is 3. The zero-order chi connectivity index (χ0) is 30.0. The van der Waals surface area contributed by atoms with Gasteiger partial charge >= 0.3 is 12.1 Å². The third-order valence-electron chi connectivity index (χ3n) is 3.95. The number of hydrogen-bond donors (Lipinski definition) is 2. The maximum absolute atomic E-state index is 12.1. The van der Waals surface area contributed by atoms with Crippen LogP contribution in [0.5, 0.6) is 11.5 Å². The number of aromatic carboxylic acids is 1. The minimum absolute atomic E-state index is 0.322. The summed E-state index contributed by atoms with van der Waals surface area (Å²) in [6.07, 6.45) is -4.64. The number of fused-ring (bicyclic) bond motifs is 1. The second-order valence-corrected chi connectivity index (χ2v) is 7.18. The molecule has 0 aliphatic heterocycles. The fourth-order valence-electron chi connectivity index (χ4n) is 2.43. The molecule has 2 N–H and O–H groups in total. The number of phenolic OH excluding ortho intramolecular Hbond substituents is 1. The molecule has 208 valence electrons. The van der Waals surface area contributed by atoms with Crippen LogP contribution in [0.3, 0.4) is 0 Å². The molecule has 39 heavy (non-hydrogen) atoms. The van der Waals surface area contributed by atoms with Crippen LogP contribution in [-0.4, -0.2) is 28.1 Å². The van der Waals surface area contributed by atoms with Gasteiger partial charge in [-0.2, -0.15) is 13.2 Å². The van der Waals surface area contributed by atoms with E-state index in [1.54, 1.807) is 24.3 Å². The molecule has 0 saturated heterocycles. The molecule has 0 aromatic heterocycles. The minimum Gasteiger partial charge on any atom is -0.872 e. The van der Waals surface area contributed by atoms with Crippen molar-refractivity contribution in [3.8, 4) is 11.5 Å². The fraction of sp³-hybridized carbons (Fsp3) is 0.107. The van der Waals surface area contributed by atoms with Crippen molar-refractivity contribution in [2.24, 2.45) is 0 Å². The van der Waals surface area contributed by atoms with Crippen LogP contribution < -0.4 is 15.3 Å². The Bertz CT molecular complexity index is 1240. The largest absolute Gasteiger partial charge is 0.872 e. The molecule has 0 radical (unpaired) electrons. The third kappa shape index (κ3) is 16.3. The van der Waals surface area contributed by atoms with Crippen molar-refractivity contribution in [2.45, 2.75) is 20.0 Å². The summed E-state index contributed by atoms with van der Waals surface area (Å²) in [5, 5.41) is 48.2. The molecule has 0 aliphatic rings. The molecule has 4 rings (SSSR count). The van der Waals surface area contributed by atoms with Gasteiger partial charge in [-0.3, -0.25) is 0 Å². The predicted molar refractivity (Wildman–Crippen MR) is 131 cm³/mol. The maximum Gasteiger partial charge on any atom is 0.416 e. The first-order valence-corrected chi connectivity index (χ1v) is 10.8. The lowest BCUT2D eigenvalue weighted by Crippen LogP contribution is -2.16. The Kier molecular flexibility index (Phi) is 15.1. The van der Waals surface area contributed by atoms with Crippen LogP contribution in [-0.2, 0) is 15.8 Å². The quantitative estimate of drug-likeness (QED) is 0.369. The number of carboxylic acids is 3. The number of alkyl halides is 3. The zero-order valence-corrected chi connectivity index (χ0v) is 20.7. The SMILES string of the molecule is CC(=O)[O-].CC(=O)[O-].O=C(O)c1cc(C(F)(F)F)ccc1[O-].Oc1ccccc1.c1ccc2ccccc2c1. The van der Waals surface area contributed by atoms with Gasteiger partial charge in [0, 0.05) is 11.9 Å². The number of halogens is 3. The average Bonchev–Trinajstić information content (AvgIpc) is 2.84.